The van der Waals surface area contributed by atoms with Crippen LogP contribution in [0, 0.1) is 17.7 Å². The third kappa shape index (κ3) is 5.01. The maximum Gasteiger partial charge on any atom is 0.228 e. The summed E-state index contributed by atoms with van der Waals surface area (Å²) in [6, 6.07) is 15.9. The summed E-state index contributed by atoms with van der Waals surface area (Å²) in [5.74, 6) is -0.463. The molecule has 3 fully saturated rings. The highest BCUT2D eigenvalue weighted by Crippen LogP contribution is 2.28. The summed E-state index contributed by atoms with van der Waals surface area (Å²) in [5.41, 5.74) is 1.80. The van der Waals surface area contributed by atoms with Gasteiger partial charge in [-0.3, -0.25) is 14.4 Å². The van der Waals surface area contributed by atoms with Gasteiger partial charge < -0.3 is 19.6 Å². The second kappa shape index (κ2) is 10.1. The average Bonchev–Trinajstić information content (AvgIpc) is 3.30. The summed E-state index contributed by atoms with van der Waals surface area (Å²) in [5, 5.41) is 0. The maximum atomic E-state index is 13.2. The van der Waals surface area contributed by atoms with Crippen molar-refractivity contribution in [3.63, 3.8) is 0 Å². The van der Waals surface area contributed by atoms with Gasteiger partial charge in [0.1, 0.15) is 5.82 Å². The molecule has 0 aliphatic carbocycles. The molecule has 7 nitrogen and oxygen atoms in total. The van der Waals surface area contributed by atoms with Crippen LogP contribution in [0.3, 0.4) is 0 Å². The van der Waals surface area contributed by atoms with E-state index < -0.39 is 0 Å². The summed E-state index contributed by atoms with van der Waals surface area (Å²) in [7, 11) is 0. The molecule has 8 heteroatoms. The van der Waals surface area contributed by atoms with Crippen LogP contribution in [0.4, 0.5) is 15.8 Å². The van der Waals surface area contributed by atoms with E-state index in [1.165, 1.54) is 12.1 Å². The van der Waals surface area contributed by atoms with Gasteiger partial charge >= 0.3 is 0 Å². The topological polar surface area (TPSA) is 64.2 Å². The van der Waals surface area contributed by atoms with Crippen LogP contribution in [0.2, 0.25) is 0 Å². The second-order valence-corrected chi connectivity index (χ2v) is 9.63. The molecule has 0 N–H and O–H groups in total. The highest BCUT2D eigenvalue weighted by molar-refractivity contribution is 6.00. The molecule has 0 aromatic heterocycles. The van der Waals surface area contributed by atoms with E-state index in [1.807, 2.05) is 40.1 Å². The Morgan fingerprint density at radius 2 is 1.31 bits per heavy atom. The lowest BCUT2D eigenvalue weighted by molar-refractivity contribution is -0.142. The van der Waals surface area contributed by atoms with Crippen molar-refractivity contribution in [3.05, 3.63) is 60.4 Å². The Hall–Kier alpha value is -3.42. The number of benzene rings is 2. The van der Waals surface area contributed by atoms with Crippen molar-refractivity contribution in [2.24, 2.45) is 11.8 Å². The predicted molar refractivity (Wildman–Crippen MR) is 131 cm³/mol. The molecule has 0 radical (unpaired) electrons. The first-order valence-electron chi connectivity index (χ1n) is 12.4. The van der Waals surface area contributed by atoms with E-state index in [0.29, 0.717) is 45.6 Å². The molecule has 1 atom stereocenters. The minimum Gasteiger partial charge on any atom is -0.368 e. The van der Waals surface area contributed by atoms with E-state index in [2.05, 4.69) is 4.90 Å². The van der Waals surface area contributed by atoms with Crippen LogP contribution in [0.15, 0.2) is 54.6 Å². The van der Waals surface area contributed by atoms with Crippen LogP contribution < -0.4 is 9.80 Å². The lowest BCUT2D eigenvalue weighted by atomic mass is 9.93. The van der Waals surface area contributed by atoms with Crippen LogP contribution in [0.5, 0.6) is 0 Å². The summed E-state index contributed by atoms with van der Waals surface area (Å²) in [6.07, 6.45) is 1.56. The molecule has 5 rings (SSSR count). The van der Waals surface area contributed by atoms with Gasteiger partial charge in [-0.1, -0.05) is 18.2 Å². The van der Waals surface area contributed by atoms with E-state index in [1.54, 1.807) is 17.0 Å². The molecule has 3 saturated heterocycles. The molecular weight excluding hydrogens is 447 g/mol. The van der Waals surface area contributed by atoms with Gasteiger partial charge in [-0.2, -0.15) is 0 Å². The van der Waals surface area contributed by atoms with Crippen LogP contribution >= 0.6 is 0 Å². The number of halogens is 1. The minimum absolute atomic E-state index is 0.0145. The fraction of sp³-hybridized carbons (Fsp3) is 0.444. The Morgan fingerprint density at radius 3 is 1.97 bits per heavy atom. The molecule has 3 amide bonds. The van der Waals surface area contributed by atoms with E-state index >= 15 is 0 Å². The number of nitrogens with zero attached hydrogens (tertiary/aromatic N) is 4. The largest absolute Gasteiger partial charge is 0.368 e. The van der Waals surface area contributed by atoms with Crippen molar-refractivity contribution in [3.8, 4) is 0 Å². The summed E-state index contributed by atoms with van der Waals surface area (Å²) in [6.45, 7) is 4.27. The molecule has 1 unspecified atom stereocenters. The molecule has 0 bridgehead atoms. The number of carbonyl (C=O) groups excluding carboxylic acids is 3. The number of hydrogen-bond donors (Lipinski definition) is 0. The Kier molecular flexibility index (Phi) is 6.70. The second-order valence-electron chi connectivity index (χ2n) is 9.63. The molecule has 3 heterocycles. The van der Waals surface area contributed by atoms with Gasteiger partial charge in [0.2, 0.25) is 17.7 Å². The van der Waals surface area contributed by atoms with E-state index in [-0.39, 0.29) is 41.8 Å². The first kappa shape index (κ1) is 23.3. The summed E-state index contributed by atoms with van der Waals surface area (Å²) >= 11 is 0. The van der Waals surface area contributed by atoms with Crippen molar-refractivity contribution in [1.82, 2.24) is 9.80 Å². The Labute approximate surface area is 205 Å². The van der Waals surface area contributed by atoms with Crippen molar-refractivity contribution < 1.29 is 18.8 Å². The number of piperidine rings is 1. The first-order valence-corrected chi connectivity index (χ1v) is 12.4. The van der Waals surface area contributed by atoms with E-state index in [4.69, 9.17) is 0 Å². The third-order valence-electron chi connectivity index (χ3n) is 7.48. The molecule has 0 spiro atoms. The van der Waals surface area contributed by atoms with Crippen molar-refractivity contribution in [2.45, 2.75) is 19.3 Å². The normalized spacial score (nSPS) is 21.5. The molecule has 0 saturated carbocycles. The number of para-hydroxylation sites is 1. The zero-order chi connectivity index (χ0) is 24.4. The highest BCUT2D eigenvalue weighted by atomic mass is 19.1. The molecule has 35 heavy (non-hydrogen) atoms. The number of carbonyl (C=O) groups is 3. The van der Waals surface area contributed by atoms with Gasteiger partial charge in [0.05, 0.1) is 5.92 Å². The number of amides is 3. The lowest BCUT2D eigenvalue weighted by Crippen LogP contribution is -2.52. The number of anilines is 2. The monoisotopic (exact) mass is 478 g/mol. The van der Waals surface area contributed by atoms with Gasteiger partial charge in [-0.15, -0.1) is 0 Å². The van der Waals surface area contributed by atoms with Gasteiger partial charge in [0, 0.05) is 69.5 Å². The molecular formula is C27H31FN4O3. The Bertz CT molecular complexity index is 1060. The van der Waals surface area contributed by atoms with E-state index in [0.717, 1.165) is 24.5 Å². The fourth-order valence-corrected chi connectivity index (χ4v) is 5.43. The fourth-order valence-electron chi connectivity index (χ4n) is 5.43. The molecule has 3 aliphatic heterocycles. The Balaban J connectivity index is 1.10. The van der Waals surface area contributed by atoms with Gasteiger partial charge in [-0.25, -0.2) is 4.39 Å². The summed E-state index contributed by atoms with van der Waals surface area (Å²) < 4.78 is 13.2. The number of rotatable bonds is 4. The molecule has 184 valence electrons. The third-order valence-corrected chi connectivity index (χ3v) is 7.48. The van der Waals surface area contributed by atoms with Crippen LogP contribution in [-0.4, -0.2) is 73.3 Å². The zero-order valence-electron chi connectivity index (χ0n) is 19.8. The van der Waals surface area contributed by atoms with Gasteiger partial charge in [-0.05, 0) is 49.2 Å². The van der Waals surface area contributed by atoms with Crippen molar-refractivity contribution >= 4 is 29.1 Å². The molecule has 3 aliphatic rings. The highest BCUT2D eigenvalue weighted by Gasteiger charge is 2.39. The lowest BCUT2D eigenvalue weighted by Gasteiger charge is -2.39. The first-order chi connectivity index (χ1) is 17.0. The SMILES string of the molecule is O=C(C1CCN(C(=O)C2CC(=O)N(c3ccccc3)C2)CC1)N1CCN(c2ccc(F)cc2)CC1. The molecule has 2 aromatic rings. The van der Waals surface area contributed by atoms with Crippen molar-refractivity contribution in [1.29, 1.82) is 0 Å². The average molecular weight is 479 g/mol. The molecule has 2 aromatic carbocycles. The maximum absolute atomic E-state index is 13.2. The summed E-state index contributed by atoms with van der Waals surface area (Å²) in [4.78, 5) is 46.4. The predicted octanol–water partition coefficient (Wildman–Crippen LogP) is 2.77. The number of likely N-dealkylation sites (tertiary alicyclic amines) is 1. The van der Waals surface area contributed by atoms with Crippen LogP contribution in [0.25, 0.3) is 0 Å². The van der Waals surface area contributed by atoms with E-state index in [9.17, 15) is 18.8 Å². The Morgan fingerprint density at radius 1 is 0.714 bits per heavy atom. The smallest absolute Gasteiger partial charge is 0.228 e. The number of hydrogen-bond acceptors (Lipinski definition) is 4. The van der Waals surface area contributed by atoms with Crippen LogP contribution in [0.1, 0.15) is 19.3 Å². The minimum atomic E-state index is -0.325. The number of piperazine rings is 1. The zero-order valence-corrected chi connectivity index (χ0v) is 19.8. The van der Waals surface area contributed by atoms with Gasteiger partial charge in [0.25, 0.3) is 0 Å². The quantitative estimate of drug-likeness (QED) is 0.678. The standard InChI is InChI=1S/C27H31FN4O3/c28-22-6-8-23(9-7-22)29-14-16-31(17-15-29)26(34)20-10-12-30(13-11-20)27(35)21-18-25(33)32(19-21)24-4-2-1-3-5-24/h1-9,20-21H,10-19H2. The van der Waals surface area contributed by atoms with Crippen LogP contribution in [-0.2, 0) is 14.4 Å². The van der Waals surface area contributed by atoms with Gasteiger partial charge in [0.15, 0.2) is 0 Å². The van der Waals surface area contributed by atoms with Crippen molar-refractivity contribution in [2.75, 3.05) is 55.6 Å².